The Hall–Kier alpha value is -2.87. The minimum Gasteiger partial charge on any atom is -0.507 e. The Balaban J connectivity index is 1.66. The summed E-state index contributed by atoms with van der Waals surface area (Å²) in [5.41, 5.74) is 1.25. The fourth-order valence-electron chi connectivity index (χ4n) is 4.30. The van der Waals surface area contributed by atoms with Crippen LogP contribution in [0.25, 0.3) is 5.76 Å². The van der Waals surface area contributed by atoms with E-state index in [-0.39, 0.29) is 11.3 Å². The lowest BCUT2D eigenvalue weighted by Crippen LogP contribution is -2.42. The maximum atomic E-state index is 13.2. The number of nitrogens with zero attached hydrogens (tertiary/aromatic N) is 2. The third kappa shape index (κ3) is 5.86. The van der Waals surface area contributed by atoms with Crippen LogP contribution in [0.15, 0.2) is 54.1 Å². The van der Waals surface area contributed by atoms with E-state index in [0.29, 0.717) is 60.7 Å². The molecule has 0 bridgehead atoms. The van der Waals surface area contributed by atoms with Gasteiger partial charge in [-0.05, 0) is 47.9 Å². The topological polar surface area (TPSA) is 79.3 Å². The summed E-state index contributed by atoms with van der Waals surface area (Å²) in [4.78, 5) is 30.1. The van der Waals surface area contributed by atoms with Crippen LogP contribution in [0, 0.1) is 5.92 Å². The van der Waals surface area contributed by atoms with Gasteiger partial charge in [-0.2, -0.15) is 0 Å². The monoisotopic (exact) mass is 498 g/mol. The van der Waals surface area contributed by atoms with Crippen LogP contribution >= 0.6 is 11.6 Å². The smallest absolute Gasteiger partial charge is 0.295 e. The predicted molar refractivity (Wildman–Crippen MR) is 134 cm³/mol. The molecule has 2 heterocycles. The Labute approximate surface area is 210 Å². The van der Waals surface area contributed by atoms with Gasteiger partial charge in [-0.15, -0.1) is 0 Å². The first kappa shape index (κ1) is 25.2. The quantitative estimate of drug-likeness (QED) is 0.335. The molecule has 2 aromatic carbocycles. The maximum absolute atomic E-state index is 13.2. The molecule has 2 aliphatic heterocycles. The van der Waals surface area contributed by atoms with Gasteiger partial charge in [-0.25, -0.2) is 0 Å². The van der Waals surface area contributed by atoms with Gasteiger partial charge in [0.1, 0.15) is 11.5 Å². The Morgan fingerprint density at radius 3 is 2.34 bits per heavy atom. The largest absolute Gasteiger partial charge is 0.507 e. The normalized spacial score (nSPS) is 20.6. The number of halogens is 1. The van der Waals surface area contributed by atoms with Crippen LogP contribution in [0.1, 0.15) is 31.0 Å². The first-order valence-corrected chi connectivity index (χ1v) is 12.3. The first-order valence-electron chi connectivity index (χ1n) is 11.9. The molecule has 186 valence electrons. The zero-order chi connectivity index (χ0) is 24.9. The number of Topliss-reactive ketones (excluding diaryl/α,β-unsaturated/α-hetero) is 1. The van der Waals surface area contributed by atoms with Crippen molar-refractivity contribution >= 4 is 29.1 Å². The number of hydrogen-bond donors (Lipinski definition) is 1. The molecule has 0 aliphatic carbocycles. The highest BCUT2D eigenvalue weighted by Crippen LogP contribution is 2.39. The molecule has 1 amide bonds. The summed E-state index contributed by atoms with van der Waals surface area (Å²) in [7, 11) is 0. The summed E-state index contributed by atoms with van der Waals surface area (Å²) < 4.78 is 11.1. The fraction of sp³-hybridized carbons (Fsp3) is 0.407. The van der Waals surface area contributed by atoms with Crippen molar-refractivity contribution in [3.63, 3.8) is 0 Å². The average molecular weight is 499 g/mol. The number of hydrogen-bond acceptors (Lipinski definition) is 6. The number of ketones is 1. The molecule has 0 spiro atoms. The molecule has 4 rings (SSSR count). The van der Waals surface area contributed by atoms with Crippen LogP contribution in [0.2, 0.25) is 5.02 Å². The van der Waals surface area contributed by atoms with Gasteiger partial charge in [0.15, 0.2) is 0 Å². The minimum atomic E-state index is -0.704. The number of benzene rings is 2. The Kier molecular flexibility index (Phi) is 8.11. The van der Waals surface area contributed by atoms with Crippen molar-refractivity contribution < 1.29 is 24.2 Å². The zero-order valence-electron chi connectivity index (χ0n) is 20.1. The van der Waals surface area contributed by atoms with Crippen LogP contribution in [-0.2, 0) is 14.3 Å². The second-order valence-electron chi connectivity index (χ2n) is 9.23. The molecule has 2 saturated heterocycles. The van der Waals surface area contributed by atoms with Crippen LogP contribution in [0.5, 0.6) is 5.75 Å². The molecule has 2 aromatic rings. The van der Waals surface area contributed by atoms with Crippen molar-refractivity contribution in [1.29, 1.82) is 0 Å². The molecular formula is C27H31ClN2O5. The summed E-state index contributed by atoms with van der Waals surface area (Å²) in [5, 5.41) is 11.8. The molecule has 7 nitrogen and oxygen atoms in total. The number of ether oxygens (including phenoxy) is 2. The third-order valence-electron chi connectivity index (χ3n) is 6.20. The number of likely N-dealkylation sites (tertiary alicyclic amines) is 1. The van der Waals surface area contributed by atoms with Gasteiger partial charge in [0, 0.05) is 36.8 Å². The second kappa shape index (κ2) is 11.2. The molecule has 0 aromatic heterocycles. The standard InChI is InChI=1S/C27H31ClN2O5/c1-18(2)17-35-22-9-5-20(6-10-22)25(31)23-24(19-3-7-21(28)8-4-19)30(27(33)26(23)32)12-11-29-13-15-34-16-14-29/h3-10,18,24,31H,11-17H2,1-2H3/t24-/m1/s1. The van der Waals surface area contributed by atoms with Crippen molar-refractivity contribution in [3.8, 4) is 5.75 Å². The van der Waals surface area contributed by atoms with Gasteiger partial charge in [-0.3, -0.25) is 14.5 Å². The average Bonchev–Trinajstić information content (AvgIpc) is 3.12. The molecule has 8 heteroatoms. The van der Waals surface area contributed by atoms with Gasteiger partial charge < -0.3 is 19.5 Å². The lowest BCUT2D eigenvalue weighted by Gasteiger charge is -2.31. The first-order chi connectivity index (χ1) is 16.8. The number of carbonyl (C=O) groups excluding carboxylic acids is 2. The summed E-state index contributed by atoms with van der Waals surface area (Å²) in [6.45, 7) is 8.54. The van der Waals surface area contributed by atoms with Crippen molar-refractivity contribution in [2.75, 3.05) is 46.0 Å². The Morgan fingerprint density at radius 1 is 1.06 bits per heavy atom. The van der Waals surface area contributed by atoms with Crippen LogP contribution in [0.4, 0.5) is 0 Å². The van der Waals surface area contributed by atoms with E-state index >= 15 is 0 Å². The van der Waals surface area contributed by atoms with E-state index in [9.17, 15) is 14.7 Å². The zero-order valence-corrected chi connectivity index (χ0v) is 20.8. The van der Waals surface area contributed by atoms with E-state index in [1.165, 1.54) is 0 Å². The summed E-state index contributed by atoms with van der Waals surface area (Å²) >= 11 is 6.09. The van der Waals surface area contributed by atoms with Crippen LogP contribution in [-0.4, -0.2) is 72.6 Å². The number of aliphatic hydroxyl groups is 1. The maximum Gasteiger partial charge on any atom is 0.295 e. The number of morpholine rings is 1. The molecule has 0 unspecified atom stereocenters. The number of carbonyl (C=O) groups is 2. The minimum absolute atomic E-state index is 0.0788. The fourth-order valence-corrected chi connectivity index (χ4v) is 4.43. The molecule has 35 heavy (non-hydrogen) atoms. The Morgan fingerprint density at radius 2 is 1.71 bits per heavy atom. The lowest BCUT2D eigenvalue weighted by atomic mass is 9.95. The highest BCUT2D eigenvalue weighted by Gasteiger charge is 2.46. The van der Waals surface area contributed by atoms with Gasteiger partial charge in [0.2, 0.25) is 0 Å². The Bertz CT molecular complexity index is 1080. The summed E-state index contributed by atoms with van der Waals surface area (Å²) in [5.74, 6) is -0.444. The van der Waals surface area contributed by atoms with E-state index in [0.717, 1.165) is 13.1 Å². The van der Waals surface area contributed by atoms with Crippen molar-refractivity contribution in [1.82, 2.24) is 9.80 Å². The van der Waals surface area contributed by atoms with E-state index < -0.39 is 17.7 Å². The van der Waals surface area contributed by atoms with Crippen LogP contribution < -0.4 is 4.74 Å². The molecule has 1 N–H and O–H groups in total. The van der Waals surface area contributed by atoms with Crippen molar-refractivity contribution in [2.24, 2.45) is 5.92 Å². The predicted octanol–water partition coefficient (Wildman–Crippen LogP) is 4.13. The van der Waals surface area contributed by atoms with E-state index in [1.54, 1.807) is 53.4 Å². The van der Waals surface area contributed by atoms with Crippen molar-refractivity contribution in [2.45, 2.75) is 19.9 Å². The van der Waals surface area contributed by atoms with Crippen LogP contribution in [0.3, 0.4) is 0 Å². The van der Waals surface area contributed by atoms with Gasteiger partial charge in [0.05, 0.1) is 31.4 Å². The van der Waals surface area contributed by atoms with Gasteiger partial charge in [0.25, 0.3) is 11.7 Å². The van der Waals surface area contributed by atoms with Gasteiger partial charge in [-0.1, -0.05) is 37.6 Å². The van der Waals surface area contributed by atoms with E-state index in [4.69, 9.17) is 21.1 Å². The van der Waals surface area contributed by atoms with E-state index in [2.05, 4.69) is 18.7 Å². The molecule has 1 atom stereocenters. The molecular weight excluding hydrogens is 468 g/mol. The van der Waals surface area contributed by atoms with Crippen molar-refractivity contribution in [3.05, 3.63) is 70.3 Å². The molecule has 2 aliphatic rings. The highest BCUT2D eigenvalue weighted by molar-refractivity contribution is 6.46. The number of rotatable bonds is 8. The molecule has 0 radical (unpaired) electrons. The summed E-state index contributed by atoms with van der Waals surface area (Å²) in [6, 6.07) is 13.2. The number of aliphatic hydroxyl groups excluding tert-OH is 1. The highest BCUT2D eigenvalue weighted by atomic mass is 35.5. The molecule has 2 fully saturated rings. The molecule has 0 saturated carbocycles. The lowest BCUT2D eigenvalue weighted by molar-refractivity contribution is -0.140. The second-order valence-corrected chi connectivity index (χ2v) is 9.66. The van der Waals surface area contributed by atoms with E-state index in [1.807, 2.05) is 0 Å². The third-order valence-corrected chi connectivity index (χ3v) is 6.45. The van der Waals surface area contributed by atoms with Gasteiger partial charge >= 0.3 is 0 Å². The number of amides is 1. The SMILES string of the molecule is CC(C)COc1ccc(C(O)=C2C(=O)C(=O)N(CCN3CCOCC3)[C@@H]2c2ccc(Cl)cc2)cc1. The summed E-state index contributed by atoms with van der Waals surface area (Å²) in [6.07, 6.45) is 0.